The van der Waals surface area contributed by atoms with Crippen molar-refractivity contribution in [2.75, 3.05) is 11.9 Å². The standard InChI is InChI=1S/C15H13BrClNO/c16-12-6-7-18-13-5-4-9(17)8-11(13)15-10(12)2-1-3-14(15)19/h1-2,4-6,8,14,18-19H,3,7H2/b12-6+. The highest BCUT2D eigenvalue weighted by Crippen LogP contribution is 2.39. The summed E-state index contributed by atoms with van der Waals surface area (Å²) in [6.45, 7) is 0.732. The van der Waals surface area contributed by atoms with Crippen LogP contribution in [0.3, 0.4) is 0 Å². The number of nitrogens with one attached hydrogen (secondary N) is 1. The number of halogens is 2. The van der Waals surface area contributed by atoms with Crippen LogP contribution in [0.4, 0.5) is 5.69 Å². The third-order valence-corrected chi connectivity index (χ3v) is 4.36. The summed E-state index contributed by atoms with van der Waals surface area (Å²) in [6, 6.07) is 5.73. The molecule has 0 saturated heterocycles. The maximum absolute atomic E-state index is 10.3. The van der Waals surface area contributed by atoms with Gasteiger partial charge in [-0.25, -0.2) is 0 Å². The van der Waals surface area contributed by atoms with Gasteiger partial charge < -0.3 is 10.4 Å². The molecule has 2 aliphatic rings. The maximum Gasteiger partial charge on any atom is 0.0837 e. The molecule has 0 bridgehead atoms. The zero-order valence-electron chi connectivity index (χ0n) is 10.2. The zero-order chi connectivity index (χ0) is 13.4. The van der Waals surface area contributed by atoms with Crippen molar-refractivity contribution in [1.82, 2.24) is 0 Å². The molecular formula is C15H13BrClNO. The fourth-order valence-electron chi connectivity index (χ4n) is 2.49. The average molecular weight is 339 g/mol. The number of aliphatic hydroxyl groups is 1. The van der Waals surface area contributed by atoms with Crippen LogP contribution in [0.25, 0.3) is 5.57 Å². The van der Waals surface area contributed by atoms with Crippen molar-refractivity contribution in [1.29, 1.82) is 0 Å². The second-order valence-electron chi connectivity index (χ2n) is 4.60. The van der Waals surface area contributed by atoms with Gasteiger partial charge in [0, 0.05) is 27.3 Å². The van der Waals surface area contributed by atoms with E-state index in [2.05, 4.69) is 33.4 Å². The van der Waals surface area contributed by atoms with Gasteiger partial charge in [-0.15, -0.1) is 0 Å². The number of fused-ring (bicyclic) bond motifs is 2. The van der Waals surface area contributed by atoms with Crippen LogP contribution in [0.2, 0.25) is 5.02 Å². The first-order valence-corrected chi connectivity index (χ1v) is 7.32. The molecule has 1 aromatic rings. The van der Waals surface area contributed by atoms with E-state index in [-0.39, 0.29) is 0 Å². The predicted octanol–water partition coefficient (Wildman–Crippen LogP) is 4.12. The minimum Gasteiger partial charge on any atom is -0.388 e. The van der Waals surface area contributed by atoms with Crippen molar-refractivity contribution in [3.63, 3.8) is 0 Å². The molecule has 4 heteroatoms. The minimum absolute atomic E-state index is 0.502. The van der Waals surface area contributed by atoms with E-state index in [9.17, 15) is 5.11 Å². The normalized spacial score (nSPS) is 24.6. The summed E-state index contributed by atoms with van der Waals surface area (Å²) in [6.07, 6.45) is 6.25. The van der Waals surface area contributed by atoms with Gasteiger partial charge in [0.15, 0.2) is 0 Å². The Morgan fingerprint density at radius 3 is 3.05 bits per heavy atom. The predicted molar refractivity (Wildman–Crippen MR) is 83.6 cm³/mol. The molecule has 2 N–H and O–H groups in total. The van der Waals surface area contributed by atoms with Gasteiger partial charge in [0.1, 0.15) is 0 Å². The summed E-state index contributed by atoms with van der Waals surface area (Å²) in [5.74, 6) is 0. The highest BCUT2D eigenvalue weighted by atomic mass is 79.9. The summed E-state index contributed by atoms with van der Waals surface area (Å²) in [7, 11) is 0. The quantitative estimate of drug-likeness (QED) is 0.746. The Kier molecular flexibility index (Phi) is 3.52. The van der Waals surface area contributed by atoms with Crippen LogP contribution < -0.4 is 5.32 Å². The third-order valence-electron chi connectivity index (χ3n) is 3.37. The largest absolute Gasteiger partial charge is 0.388 e. The molecule has 1 aliphatic heterocycles. The molecule has 0 amide bonds. The van der Waals surface area contributed by atoms with Crippen LogP contribution in [0, 0.1) is 0 Å². The van der Waals surface area contributed by atoms with Crippen LogP contribution in [0.15, 0.2) is 46.5 Å². The van der Waals surface area contributed by atoms with Crippen molar-refractivity contribution >= 4 is 38.8 Å². The minimum atomic E-state index is -0.502. The van der Waals surface area contributed by atoms with E-state index < -0.39 is 6.10 Å². The molecule has 0 aromatic heterocycles. The molecule has 98 valence electrons. The van der Waals surface area contributed by atoms with Gasteiger partial charge in [0.2, 0.25) is 0 Å². The topological polar surface area (TPSA) is 32.3 Å². The van der Waals surface area contributed by atoms with Crippen LogP contribution in [-0.2, 0) is 0 Å². The van der Waals surface area contributed by atoms with E-state index in [4.69, 9.17) is 11.6 Å². The summed E-state index contributed by atoms with van der Waals surface area (Å²) in [5, 5.41) is 14.4. The average Bonchev–Trinajstić information content (AvgIpc) is 2.38. The molecule has 2 nitrogen and oxygen atoms in total. The van der Waals surface area contributed by atoms with Gasteiger partial charge in [-0.2, -0.15) is 0 Å². The number of rotatable bonds is 0. The molecular weight excluding hydrogens is 326 g/mol. The smallest absolute Gasteiger partial charge is 0.0837 e. The fourth-order valence-corrected chi connectivity index (χ4v) is 3.17. The van der Waals surface area contributed by atoms with E-state index in [1.54, 1.807) is 0 Å². The number of hydrogen-bond acceptors (Lipinski definition) is 2. The van der Waals surface area contributed by atoms with Crippen LogP contribution in [0.5, 0.6) is 0 Å². The molecule has 0 fully saturated rings. The molecule has 1 unspecified atom stereocenters. The Hall–Kier alpha value is -1.03. The lowest BCUT2D eigenvalue weighted by Crippen LogP contribution is -2.17. The van der Waals surface area contributed by atoms with E-state index in [0.29, 0.717) is 11.4 Å². The van der Waals surface area contributed by atoms with Crippen molar-refractivity contribution < 1.29 is 5.11 Å². The van der Waals surface area contributed by atoms with Crippen molar-refractivity contribution in [3.8, 4) is 0 Å². The molecule has 1 heterocycles. The molecule has 1 atom stereocenters. The molecule has 0 saturated carbocycles. The Labute approximate surface area is 125 Å². The van der Waals surface area contributed by atoms with Crippen molar-refractivity contribution in [3.05, 3.63) is 57.1 Å². The number of allylic oxidation sites excluding steroid dienone is 3. The first kappa shape index (κ1) is 13.0. The summed E-state index contributed by atoms with van der Waals surface area (Å²) >= 11 is 9.69. The monoisotopic (exact) mass is 337 g/mol. The molecule has 0 spiro atoms. The lowest BCUT2D eigenvalue weighted by atomic mass is 9.87. The van der Waals surface area contributed by atoms with Crippen molar-refractivity contribution in [2.45, 2.75) is 12.5 Å². The summed E-state index contributed by atoms with van der Waals surface area (Å²) < 4.78 is 0.996. The fraction of sp³-hybridized carbons (Fsp3) is 0.200. The Morgan fingerprint density at radius 2 is 2.21 bits per heavy atom. The van der Waals surface area contributed by atoms with E-state index in [0.717, 1.165) is 33.4 Å². The third kappa shape index (κ3) is 2.38. The van der Waals surface area contributed by atoms with Gasteiger partial charge in [-0.05, 0) is 35.8 Å². The first-order valence-electron chi connectivity index (χ1n) is 6.15. The lowest BCUT2D eigenvalue weighted by Gasteiger charge is -2.26. The molecule has 1 aromatic carbocycles. The van der Waals surface area contributed by atoms with Gasteiger partial charge in [-0.1, -0.05) is 45.8 Å². The van der Waals surface area contributed by atoms with E-state index in [1.807, 2.05) is 24.3 Å². The molecule has 3 rings (SSSR count). The van der Waals surface area contributed by atoms with Crippen LogP contribution >= 0.6 is 27.5 Å². The van der Waals surface area contributed by atoms with E-state index >= 15 is 0 Å². The summed E-state index contributed by atoms with van der Waals surface area (Å²) in [5.41, 5.74) is 3.94. The number of anilines is 1. The number of aliphatic hydroxyl groups excluding tert-OH is 1. The second kappa shape index (κ2) is 5.16. The zero-order valence-corrected chi connectivity index (χ0v) is 12.5. The van der Waals surface area contributed by atoms with Crippen LogP contribution in [-0.4, -0.2) is 17.8 Å². The first-order chi connectivity index (χ1) is 9.16. The molecule has 0 radical (unpaired) electrons. The Morgan fingerprint density at radius 1 is 1.37 bits per heavy atom. The van der Waals surface area contributed by atoms with Gasteiger partial charge in [0.25, 0.3) is 0 Å². The SMILES string of the molecule is OC1CC=CC2=C1c1cc(Cl)ccc1NC/C=C\2Br. The molecule has 1 aliphatic carbocycles. The Bertz CT molecular complexity index is 619. The second-order valence-corrected chi connectivity index (χ2v) is 5.89. The summed E-state index contributed by atoms with van der Waals surface area (Å²) in [4.78, 5) is 0. The van der Waals surface area contributed by atoms with Gasteiger partial charge in [0.05, 0.1) is 6.10 Å². The van der Waals surface area contributed by atoms with E-state index in [1.165, 1.54) is 0 Å². The highest BCUT2D eigenvalue weighted by molar-refractivity contribution is 9.12. The van der Waals surface area contributed by atoms with Crippen molar-refractivity contribution in [2.24, 2.45) is 0 Å². The highest BCUT2D eigenvalue weighted by Gasteiger charge is 2.24. The van der Waals surface area contributed by atoms with Crippen LogP contribution in [0.1, 0.15) is 12.0 Å². The lowest BCUT2D eigenvalue weighted by molar-refractivity contribution is 0.234. The number of hydrogen-bond donors (Lipinski definition) is 2. The maximum atomic E-state index is 10.3. The number of benzene rings is 1. The molecule has 19 heavy (non-hydrogen) atoms. The van der Waals surface area contributed by atoms with Gasteiger partial charge >= 0.3 is 0 Å². The Balaban J connectivity index is 2.29. The van der Waals surface area contributed by atoms with Gasteiger partial charge in [-0.3, -0.25) is 0 Å².